The first-order chi connectivity index (χ1) is 8.66. The van der Waals surface area contributed by atoms with Crippen molar-refractivity contribution in [3.05, 3.63) is 38.8 Å². The van der Waals surface area contributed by atoms with E-state index in [9.17, 15) is 14.9 Å². The van der Waals surface area contributed by atoms with Crippen LogP contribution >= 0.6 is 0 Å². The van der Waals surface area contributed by atoms with Crippen LogP contribution in [0.15, 0.2) is 23.1 Å². The molecule has 1 unspecified atom stereocenters. The number of rotatable bonds is 3. The molecule has 0 saturated heterocycles. The van der Waals surface area contributed by atoms with Crippen molar-refractivity contribution in [2.75, 3.05) is 0 Å². The van der Waals surface area contributed by atoms with Gasteiger partial charge in [0.05, 0.1) is 11.1 Å². The van der Waals surface area contributed by atoms with Crippen molar-refractivity contribution >= 4 is 5.69 Å². The van der Waals surface area contributed by atoms with Gasteiger partial charge >= 0.3 is 0 Å². The van der Waals surface area contributed by atoms with E-state index in [0.717, 1.165) is 11.8 Å². The van der Waals surface area contributed by atoms with Crippen molar-refractivity contribution < 1.29 is 4.92 Å². The summed E-state index contributed by atoms with van der Waals surface area (Å²) in [7, 11) is 0. The maximum absolute atomic E-state index is 11.7. The Balaban J connectivity index is 1.78. The van der Waals surface area contributed by atoms with Gasteiger partial charge < -0.3 is 4.57 Å². The van der Waals surface area contributed by atoms with Gasteiger partial charge in [-0.3, -0.25) is 14.9 Å². The molecule has 1 aromatic rings. The SMILES string of the molecule is O=c1ccc([N+](=O)[O-])cn1CC1[C@H]2CCCC[C@@H]12. The average Bonchev–Trinajstić information content (AvgIpc) is 3.05. The molecule has 3 rings (SSSR count). The van der Waals surface area contributed by atoms with E-state index in [1.807, 2.05) is 0 Å². The molecule has 0 spiro atoms. The highest BCUT2D eigenvalue weighted by atomic mass is 16.6. The molecule has 2 saturated carbocycles. The highest BCUT2D eigenvalue weighted by molar-refractivity contribution is 5.25. The minimum absolute atomic E-state index is 0.00165. The van der Waals surface area contributed by atoms with Crippen LogP contribution in [0.25, 0.3) is 0 Å². The van der Waals surface area contributed by atoms with Gasteiger partial charge in [0.2, 0.25) is 0 Å². The molecule has 2 fully saturated rings. The van der Waals surface area contributed by atoms with E-state index in [4.69, 9.17) is 0 Å². The van der Waals surface area contributed by atoms with E-state index in [1.165, 1.54) is 48.6 Å². The molecule has 1 aromatic heterocycles. The van der Waals surface area contributed by atoms with Gasteiger partial charge in [0.1, 0.15) is 0 Å². The van der Waals surface area contributed by atoms with Gasteiger partial charge in [0, 0.05) is 18.7 Å². The fourth-order valence-electron chi connectivity index (χ4n) is 3.41. The van der Waals surface area contributed by atoms with E-state index >= 15 is 0 Å². The van der Waals surface area contributed by atoms with Crippen molar-refractivity contribution in [2.24, 2.45) is 17.8 Å². The van der Waals surface area contributed by atoms with Crippen LogP contribution in [0.5, 0.6) is 0 Å². The molecular weight excluding hydrogens is 232 g/mol. The maximum atomic E-state index is 11.7. The molecule has 0 amide bonds. The van der Waals surface area contributed by atoms with Gasteiger partial charge in [-0.15, -0.1) is 0 Å². The zero-order valence-corrected chi connectivity index (χ0v) is 10.1. The summed E-state index contributed by atoms with van der Waals surface area (Å²) in [4.78, 5) is 22.0. The summed E-state index contributed by atoms with van der Waals surface area (Å²) in [5, 5.41) is 10.7. The molecule has 3 atom stereocenters. The third-order valence-corrected chi connectivity index (χ3v) is 4.42. The molecule has 2 aliphatic carbocycles. The zero-order valence-electron chi connectivity index (χ0n) is 10.1. The Bertz CT molecular complexity index is 525. The van der Waals surface area contributed by atoms with Crippen molar-refractivity contribution in [2.45, 2.75) is 32.2 Å². The monoisotopic (exact) mass is 248 g/mol. The minimum atomic E-state index is -0.449. The second kappa shape index (κ2) is 4.23. The molecule has 0 N–H and O–H groups in total. The molecular formula is C13H16N2O3. The summed E-state index contributed by atoms with van der Waals surface area (Å²) in [5.41, 5.74) is -0.137. The topological polar surface area (TPSA) is 65.1 Å². The Morgan fingerprint density at radius 3 is 2.56 bits per heavy atom. The van der Waals surface area contributed by atoms with Gasteiger partial charge in [-0.2, -0.15) is 0 Å². The molecule has 0 aromatic carbocycles. The lowest BCUT2D eigenvalue weighted by atomic mass is 10.0. The number of nitrogens with zero attached hydrogens (tertiary/aromatic N) is 2. The van der Waals surface area contributed by atoms with Crippen molar-refractivity contribution in [3.63, 3.8) is 0 Å². The number of fused-ring (bicyclic) bond motifs is 1. The summed E-state index contributed by atoms with van der Waals surface area (Å²) in [6.45, 7) is 0.649. The Kier molecular flexibility index (Phi) is 2.69. The molecule has 2 aliphatic rings. The van der Waals surface area contributed by atoms with Crippen LogP contribution in [-0.4, -0.2) is 9.49 Å². The number of nitro groups is 1. The third-order valence-electron chi connectivity index (χ3n) is 4.42. The van der Waals surface area contributed by atoms with Crippen molar-refractivity contribution in [1.82, 2.24) is 4.57 Å². The van der Waals surface area contributed by atoms with Crippen LogP contribution in [0.1, 0.15) is 25.7 Å². The standard InChI is InChI=1S/C13H16N2O3/c16-13-6-5-9(15(17)18)7-14(13)8-12-10-3-1-2-4-11(10)12/h5-7,10-12H,1-4,8H2/t10-,11+,12?. The summed E-state index contributed by atoms with van der Waals surface area (Å²) in [5.74, 6) is 2.07. The predicted molar refractivity (Wildman–Crippen MR) is 66.3 cm³/mol. The van der Waals surface area contributed by atoms with Gasteiger partial charge in [0.25, 0.3) is 11.2 Å². The number of pyridine rings is 1. The van der Waals surface area contributed by atoms with Crippen molar-refractivity contribution in [3.8, 4) is 0 Å². The van der Waals surface area contributed by atoms with Crippen LogP contribution in [-0.2, 0) is 6.54 Å². The van der Waals surface area contributed by atoms with Crippen LogP contribution in [0.2, 0.25) is 0 Å². The van der Waals surface area contributed by atoms with E-state index in [0.29, 0.717) is 12.5 Å². The fraction of sp³-hybridized carbons (Fsp3) is 0.615. The lowest BCUT2D eigenvalue weighted by Gasteiger charge is -2.04. The number of hydrogen-bond donors (Lipinski definition) is 0. The normalized spacial score (nSPS) is 29.7. The smallest absolute Gasteiger partial charge is 0.285 e. The number of hydrogen-bond acceptors (Lipinski definition) is 3. The lowest BCUT2D eigenvalue weighted by Crippen LogP contribution is -2.20. The Morgan fingerprint density at radius 1 is 1.28 bits per heavy atom. The first kappa shape index (κ1) is 11.4. The lowest BCUT2D eigenvalue weighted by molar-refractivity contribution is -0.385. The summed E-state index contributed by atoms with van der Waals surface area (Å²) in [6, 6.07) is 2.57. The van der Waals surface area contributed by atoms with E-state index in [1.54, 1.807) is 0 Å². The van der Waals surface area contributed by atoms with Crippen molar-refractivity contribution in [1.29, 1.82) is 0 Å². The van der Waals surface area contributed by atoms with Crippen LogP contribution < -0.4 is 5.56 Å². The second-order valence-electron chi connectivity index (χ2n) is 5.41. The molecule has 18 heavy (non-hydrogen) atoms. The van der Waals surface area contributed by atoms with Crippen LogP contribution in [0.3, 0.4) is 0 Å². The quantitative estimate of drug-likeness (QED) is 0.608. The highest BCUT2D eigenvalue weighted by Crippen LogP contribution is 2.55. The summed E-state index contributed by atoms with van der Waals surface area (Å²) in [6.07, 6.45) is 6.49. The predicted octanol–water partition coefficient (Wildman–Crippen LogP) is 2.19. The van der Waals surface area contributed by atoms with Gasteiger partial charge in [-0.05, 0) is 30.6 Å². The van der Waals surface area contributed by atoms with Gasteiger partial charge in [-0.1, -0.05) is 12.8 Å². The maximum Gasteiger partial charge on any atom is 0.285 e. The molecule has 1 heterocycles. The zero-order chi connectivity index (χ0) is 12.7. The van der Waals surface area contributed by atoms with Crippen LogP contribution in [0, 0.1) is 27.9 Å². The molecule has 5 nitrogen and oxygen atoms in total. The largest absolute Gasteiger partial charge is 0.309 e. The summed E-state index contributed by atoms with van der Waals surface area (Å²) >= 11 is 0. The second-order valence-corrected chi connectivity index (χ2v) is 5.41. The van der Waals surface area contributed by atoms with E-state index < -0.39 is 4.92 Å². The van der Waals surface area contributed by atoms with Gasteiger partial charge in [0.15, 0.2) is 0 Å². The average molecular weight is 248 g/mol. The fourth-order valence-corrected chi connectivity index (χ4v) is 3.41. The highest BCUT2D eigenvalue weighted by Gasteiger charge is 2.50. The Morgan fingerprint density at radius 2 is 1.94 bits per heavy atom. The van der Waals surface area contributed by atoms with Crippen LogP contribution in [0.4, 0.5) is 5.69 Å². The first-order valence-electron chi connectivity index (χ1n) is 6.52. The Hall–Kier alpha value is -1.65. The molecule has 0 bridgehead atoms. The van der Waals surface area contributed by atoms with E-state index in [-0.39, 0.29) is 11.2 Å². The van der Waals surface area contributed by atoms with Gasteiger partial charge in [-0.25, -0.2) is 0 Å². The Labute approximate surface area is 105 Å². The first-order valence-corrected chi connectivity index (χ1v) is 6.52. The molecule has 96 valence electrons. The minimum Gasteiger partial charge on any atom is -0.309 e. The number of aromatic nitrogens is 1. The third kappa shape index (κ3) is 1.94. The molecule has 0 aliphatic heterocycles. The summed E-state index contributed by atoms with van der Waals surface area (Å²) < 4.78 is 1.52. The molecule has 0 radical (unpaired) electrons. The molecule has 5 heteroatoms. The van der Waals surface area contributed by atoms with E-state index in [2.05, 4.69) is 0 Å².